The van der Waals surface area contributed by atoms with E-state index in [0.717, 1.165) is 17.4 Å². The van der Waals surface area contributed by atoms with E-state index in [9.17, 15) is 8.78 Å². The van der Waals surface area contributed by atoms with Crippen LogP contribution in [0.25, 0.3) is 0 Å². The molecule has 0 fully saturated rings. The van der Waals surface area contributed by atoms with Gasteiger partial charge in [0.15, 0.2) is 0 Å². The molecule has 1 aromatic heterocycles. The van der Waals surface area contributed by atoms with E-state index in [1.807, 2.05) is 13.0 Å². The quantitative estimate of drug-likeness (QED) is 0.758. The van der Waals surface area contributed by atoms with Crippen molar-refractivity contribution in [2.24, 2.45) is 0 Å². The van der Waals surface area contributed by atoms with Gasteiger partial charge in [-0.2, -0.15) is 0 Å². The van der Waals surface area contributed by atoms with Crippen molar-refractivity contribution in [3.05, 3.63) is 59.1 Å². The van der Waals surface area contributed by atoms with Gasteiger partial charge in [0.1, 0.15) is 17.4 Å². The molecule has 4 heteroatoms. The van der Waals surface area contributed by atoms with Crippen molar-refractivity contribution in [2.45, 2.75) is 18.2 Å². The molecule has 0 spiro atoms. The summed E-state index contributed by atoms with van der Waals surface area (Å²) in [5.74, 6) is -0.268. The Morgan fingerprint density at radius 1 is 1.29 bits per heavy atom. The van der Waals surface area contributed by atoms with Gasteiger partial charge >= 0.3 is 0 Å². The van der Waals surface area contributed by atoms with Gasteiger partial charge in [0.05, 0.1) is 6.26 Å². The lowest BCUT2D eigenvalue weighted by Crippen LogP contribution is -1.97. The van der Waals surface area contributed by atoms with Crippen molar-refractivity contribution in [1.29, 1.82) is 0 Å². The summed E-state index contributed by atoms with van der Waals surface area (Å²) in [5.41, 5.74) is 1.43. The summed E-state index contributed by atoms with van der Waals surface area (Å²) in [6.45, 7) is 1.85. The molecule has 1 nitrogen and oxygen atoms in total. The van der Waals surface area contributed by atoms with Crippen molar-refractivity contribution >= 4 is 15.9 Å². The van der Waals surface area contributed by atoms with Gasteiger partial charge in [0.25, 0.3) is 0 Å². The van der Waals surface area contributed by atoms with Gasteiger partial charge in [-0.1, -0.05) is 22.0 Å². The van der Waals surface area contributed by atoms with Gasteiger partial charge < -0.3 is 4.42 Å². The lowest BCUT2D eigenvalue weighted by atomic mass is 10.1. The Bertz CT molecular complexity index is 522. The second kappa shape index (κ2) is 5.00. The molecule has 0 aliphatic rings. The number of halogens is 3. The Kier molecular flexibility index (Phi) is 3.62. The number of hydrogen-bond acceptors (Lipinski definition) is 1. The molecule has 0 saturated carbocycles. The first-order valence-corrected chi connectivity index (χ1v) is 6.11. The van der Waals surface area contributed by atoms with Crippen molar-refractivity contribution in [2.75, 3.05) is 0 Å². The minimum Gasteiger partial charge on any atom is -0.469 e. The second-order valence-corrected chi connectivity index (χ2v) is 5.00. The predicted octanol–water partition coefficient (Wildman–Crippen LogP) is 4.54. The monoisotopic (exact) mass is 300 g/mol. The van der Waals surface area contributed by atoms with Gasteiger partial charge in [-0.25, -0.2) is 8.78 Å². The third-order valence-electron chi connectivity index (χ3n) is 2.53. The van der Waals surface area contributed by atoms with Crippen LogP contribution in [-0.2, 0) is 6.42 Å². The van der Waals surface area contributed by atoms with Crippen molar-refractivity contribution in [3.63, 3.8) is 0 Å². The number of benzene rings is 1. The van der Waals surface area contributed by atoms with Crippen LogP contribution in [0.2, 0.25) is 0 Å². The number of alkyl halides is 1. The standard InChI is InChI=1S/C13H11BrF2O/c1-8-4-10(7-17-8)12(14)5-9-2-3-11(15)6-13(9)16/h2-4,6-7,12H,5H2,1H3. The molecule has 0 amide bonds. The van der Waals surface area contributed by atoms with Crippen LogP contribution >= 0.6 is 15.9 Å². The summed E-state index contributed by atoms with van der Waals surface area (Å²) in [6.07, 6.45) is 2.08. The SMILES string of the molecule is Cc1cc(C(Br)Cc2ccc(F)cc2F)co1. The van der Waals surface area contributed by atoms with E-state index in [0.29, 0.717) is 12.0 Å². The third-order valence-corrected chi connectivity index (χ3v) is 3.38. The van der Waals surface area contributed by atoms with Crippen LogP contribution in [0.1, 0.15) is 21.7 Å². The van der Waals surface area contributed by atoms with Crippen LogP contribution < -0.4 is 0 Å². The molecule has 0 radical (unpaired) electrons. The zero-order valence-electron chi connectivity index (χ0n) is 9.21. The third kappa shape index (κ3) is 2.94. The summed E-state index contributed by atoms with van der Waals surface area (Å²) >= 11 is 3.47. The molecule has 90 valence electrons. The molecular formula is C13H11BrF2O. The summed E-state index contributed by atoms with van der Waals surface area (Å²) in [4.78, 5) is -0.0417. The van der Waals surface area contributed by atoms with E-state index in [1.165, 1.54) is 12.1 Å². The zero-order chi connectivity index (χ0) is 12.4. The molecule has 2 aromatic rings. The molecular weight excluding hydrogens is 290 g/mol. The molecule has 1 atom stereocenters. The Morgan fingerprint density at radius 2 is 2.06 bits per heavy atom. The fourth-order valence-electron chi connectivity index (χ4n) is 1.63. The van der Waals surface area contributed by atoms with Crippen LogP contribution in [0.4, 0.5) is 8.78 Å². The van der Waals surface area contributed by atoms with Crippen LogP contribution in [0.15, 0.2) is 34.9 Å². The molecule has 0 aliphatic carbocycles. The van der Waals surface area contributed by atoms with E-state index >= 15 is 0 Å². The fourth-order valence-corrected chi connectivity index (χ4v) is 2.22. The van der Waals surface area contributed by atoms with E-state index in [-0.39, 0.29) is 4.83 Å². The lowest BCUT2D eigenvalue weighted by molar-refractivity contribution is 0.531. The normalized spacial score (nSPS) is 12.7. The number of aryl methyl sites for hydroxylation is 1. The van der Waals surface area contributed by atoms with Crippen LogP contribution in [0, 0.1) is 18.6 Å². The molecule has 0 N–H and O–H groups in total. The maximum atomic E-state index is 13.4. The molecule has 1 heterocycles. The fraction of sp³-hybridized carbons (Fsp3) is 0.231. The Morgan fingerprint density at radius 3 is 2.65 bits per heavy atom. The van der Waals surface area contributed by atoms with Gasteiger partial charge in [0, 0.05) is 16.5 Å². The number of furan rings is 1. The molecule has 17 heavy (non-hydrogen) atoms. The van der Waals surface area contributed by atoms with Crippen molar-refractivity contribution in [1.82, 2.24) is 0 Å². The first-order valence-electron chi connectivity index (χ1n) is 5.19. The predicted molar refractivity (Wildman–Crippen MR) is 65.2 cm³/mol. The Balaban J connectivity index is 2.15. The van der Waals surface area contributed by atoms with E-state index in [2.05, 4.69) is 15.9 Å². The molecule has 1 aromatic carbocycles. The van der Waals surface area contributed by atoms with Gasteiger partial charge in [-0.05, 0) is 31.0 Å². The van der Waals surface area contributed by atoms with Gasteiger partial charge in [-0.3, -0.25) is 0 Å². The Hall–Kier alpha value is -1.16. The molecule has 1 unspecified atom stereocenters. The molecule has 0 aliphatic heterocycles. The highest BCUT2D eigenvalue weighted by Crippen LogP contribution is 2.29. The molecule has 0 bridgehead atoms. The van der Waals surface area contributed by atoms with Crippen LogP contribution in [0.3, 0.4) is 0 Å². The minimum atomic E-state index is -0.559. The van der Waals surface area contributed by atoms with Crippen molar-refractivity contribution in [3.8, 4) is 0 Å². The maximum Gasteiger partial charge on any atom is 0.129 e. The first-order chi connectivity index (χ1) is 8.06. The highest BCUT2D eigenvalue weighted by molar-refractivity contribution is 9.09. The number of hydrogen-bond donors (Lipinski definition) is 0. The topological polar surface area (TPSA) is 13.1 Å². The highest BCUT2D eigenvalue weighted by Gasteiger charge is 2.13. The van der Waals surface area contributed by atoms with Crippen molar-refractivity contribution < 1.29 is 13.2 Å². The van der Waals surface area contributed by atoms with E-state index in [1.54, 1.807) is 6.26 Å². The average Bonchev–Trinajstić information content (AvgIpc) is 2.69. The zero-order valence-corrected chi connectivity index (χ0v) is 10.8. The molecule has 0 saturated heterocycles. The van der Waals surface area contributed by atoms with Crippen LogP contribution in [-0.4, -0.2) is 0 Å². The maximum absolute atomic E-state index is 13.4. The largest absolute Gasteiger partial charge is 0.469 e. The molecule has 2 rings (SSSR count). The summed E-state index contributed by atoms with van der Waals surface area (Å²) in [7, 11) is 0. The Labute approximate surface area is 107 Å². The summed E-state index contributed by atoms with van der Waals surface area (Å²) in [6, 6.07) is 5.52. The van der Waals surface area contributed by atoms with E-state index < -0.39 is 11.6 Å². The van der Waals surface area contributed by atoms with Crippen LogP contribution in [0.5, 0.6) is 0 Å². The van der Waals surface area contributed by atoms with E-state index in [4.69, 9.17) is 4.42 Å². The second-order valence-electron chi connectivity index (χ2n) is 3.90. The van der Waals surface area contributed by atoms with Gasteiger partial charge in [0.2, 0.25) is 0 Å². The number of rotatable bonds is 3. The summed E-state index contributed by atoms with van der Waals surface area (Å²) < 4.78 is 31.4. The smallest absolute Gasteiger partial charge is 0.129 e. The first kappa shape index (κ1) is 12.3. The average molecular weight is 301 g/mol. The highest BCUT2D eigenvalue weighted by atomic mass is 79.9. The summed E-state index contributed by atoms with van der Waals surface area (Å²) in [5, 5.41) is 0. The van der Waals surface area contributed by atoms with Gasteiger partial charge in [-0.15, -0.1) is 0 Å². The minimum absolute atomic E-state index is 0.0417. The lowest BCUT2D eigenvalue weighted by Gasteiger charge is -2.08.